The number of fused-ring (bicyclic) bond motifs is 4. The monoisotopic (exact) mass is 333 g/mol. The van der Waals surface area contributed by atoms with Gasteiger partial charge >= 0.3 is 0 Å². The molecule has 5 rings (SSSR count). The van der Waals surface area contributed by atoms with Gasteiger partial charge in [0.25, 0.3) is 0 Å². The highest BCUT2D eigenvalue weighted by atomic mass is 35.5. The molecular formula is C22H13ClO. The minimum absolute atomic E-state index is 0.186. The first-order valence-electron chi connectivity index (χ1n) is 9.98. The molecule has 0 amide bonds. The van der Waals surface area contributed by atoms with E-state index in [1.54, 1.807) is 6.07 Å². The Morgan fingerprint density at radius 3 is 2.54 bits per heavy atom. The third-order valence-corrected chi connectivity index (χ3v) is 4.51. The second kappa shape index (κ2) is 5.12. The molecule has 1 nitrogen and oxygen atoms in total. The van der Waals surface area contributed by atoms with Crippen LogP contribution in [0.3, 0.4) is 0 Å². The molecule has 0 unspecified atom stereocenters. The summed E-state index contributed by atoms with van der Waals surface area (Å²) in [7, 11) is 0. The van der Waals surface area contributed by atoms with Crippen molar-refractivity contribution in [3.8, 4) is 11.1 Å². The lowest BCUT2D eigenvalue weighted by atomic mass is 10.00. The summed E-state index contributed by atoms with van der Waals surface area (Å²) in [6, 6.07) is 13.4. The average molecular weight is 334 g/mol. The zero-order valence-corrected chi connectivity index (χ0v) is 13.2. The van der Waals surface area contributed by atoms with Gasteiger partial charge in [-0.1, -0.05) is 60.0 Å². The Hall–Kier alpha value is -2.77. The highest BCUT2D eigenvalue weighted by Crippen LogP contribution is 2.36. The molecule has 0 saturated heterocycles. The van der Waals surface area contributed by atoms with Crippen LogP contribution in [0.5, 0.6) is 0 Å². The van der Waals surface area contributed by atoms with Crippen LogP contribution >= 0.6 is 11.6 Å². The van der Waals surface area contributed by atoms with E-state index in [0.29, 0.717) is 21.8 Å². The van der Waals surface area contributed by atoms with Crippen LogP contribution in [0, 0.1) is 0 Å². The third kappa shape index (κ3) is 2.02. The summed E-state index contributed by atoms with van der Waals surface area (Å²) in [6.45, 7) is 0. The molecule has 1 heterocycles. The molecule has 0 N–H and O–H groups in total. The fourth-order valence-corrected chi connectivity index (χ4v) is 3.34. The van der Waals surface area contributed by atoms with Crippen LogP contribution in [-0.4, -0.2) is 0 Å². The highest BCUT2D eigenvalue weighted by molar-refractivity contribution is 6.37. The highest BCUT2D eigenvalue weighted by Gasteiger charge is 2.11. The SMILES string of the molecule is [2H]c1c([2H])c([2H])c(-c2ccc3cc4c(cc3c2)oc2cccc(Cl)c24)c([2H])c1[2H]. The van der Waals surface area contributed by atoms with Crippen molar-refractivity contribution in [1.82, 2.24) is 0 Å². The Kier molecular flexibility index (Phi) is 2.03. The van der Waals surface area contributed by atoms with Crippen LogP contribution in [0.2, 0.25) is 5.02 Å². The van der Waals surface area contributed by atoms with Crippen LogP contribution in [0.1, 0.15) is 6.85 Å². The van der Waals surface area contributed by atoms with Crippen molar-refractivity contribution in [3.05, 3.63) is 83.8 Å². The molecule has 1 aromatic heterocycles. The third-order valence-electron chi connectivity index (χ3n) is 4.19. The van der Waals surface area contributed by atoms with Crippen molar-refractivity contribution in [1.29, 1.82) is 0 Å². The molecule has 0 saturated carbocycles. The molecule has 114 valence electrons. The summed E-state index contributed by atoms with van der Waals surface area (Å²) in [4.78, 5) is 0. The van der Waals surface area contributed by atoms with E-state index in [4.69, 9.17) is 22.9 Å². The first-order valence-corrected chi connectivity index (χ1v) is 7.86. The molecular weight excluding hydrogens is 316 g/mol. The lowest BCUT2D eigenvalue weighted by molar-refractivity contribution is 0.669. The summed E-state index contributed by atoms with van der Waals surface area (Å²) in [5, 5.41) is 4.18. The predicted octanol–water partition coefficient (Wildman–Crippen LogP) is 7.06. The van der Waals surface area contributed by atoms with E-state index in [-0.39, 0.29) is 29.7 Å². The zero-order valence-electron chi connectivity index (χ0n) is 17.4. The van der Waals surface area contributed by atoms with E-state index in [1.807, 2.05) is 42.5 Å². The van der Waals surface area contributed by atoms with Gasteiger partial charge in [-0.3, -0.25) is 0 Å². The fraction of sp³-hybridized carbons (Fsp3) is 0. The maximum atomic E-state index is 8.20. The first-order chi connectivity index (χ1) is 13.9. The average Bonchev–Trinajstić information content (AvgIpc) is 3.07. The van der Waals surface area contributed by atoms with Gasteiger partial charge in [0.05, 0.1) is 11.9 Å². The minimum Gasteiger partial charge on any atom is -0.456 e. The molecule has 4 aromatic carbocycles. The molecule has 0 aliphatic heterocycles. The summed E-state index contributed by atoms with van der Waals surface area (Å²) in [5.74, 6) is 0. The summed E-state index contributed by atoms with van der Waals surface area (Å²) in [6.07, 6.45) is 0. The predicted molar refractivity (Wildman–Crippen MR) is 102 cm³/mol. The lowest BCUT2D eigenvalue weighted by Crippen LogP contribution is -1.79. The van der Waals surface area contributed by atoms with Crippen molar-refractivity contribution in [2.24, 2.45) is 0 Å². The van der Waals surface area contributed by atoms with Crippen LogP contribution < -0.4 is 0 Å². The van der Waals surface area contributed by atoms with Crippen molar-refractivity contribution in [3.63, 3.8) is 0 Å². The van der Waals surface area contributed by atoms with Gasteiger partial charge in [-0.15, -0.1) is 0 Å². The topological polar surface area (TPSA) is 13.1 Å². The van der Waals surface area contributed by atoms with Gasteiger partial charge in [0, 0.05) is 10.8 Å². The van der Waals surface area contributed by atoms with E-state index in [2.05, 4.69) is 0 Å². The van der Waals surface area contributed by atoms with Gasteiger partial charge in [0.2, 0.25) is 0 Å². The maximum Gasteiger partial charge on any atom is 0.136 e. The minimum atomic E-state index is -0.398. The van der Waals surface area contributed by atoms with Gasteiger partial charge in [-0.05, 0) is 52.2 Å². The molecule has 0 atom stereocenters. The van der Waals surface area contributed by atoms with Crippen molar-refractivity contribution in [2.45, 2.75) is 0 Å². The Morgan fingerprint density at radius 1 is 0.792 bits per heavy atom. The molecule has 5 aromatic rings. The molecule has 0 aliphatic carbocycles. The second-order valence-electron chi connectivity index (χ2n) is 5.63. The van der Waals surface area contributed by atoms with Crippen molar-refractivity contribution in [2.75, 3.05) is 0 Å². The van der Waals surface area contributed by atoms with E-state index in [0.717, 1.165) is 21.5 Å². The number of hydrogen-bond acceptors (Lipinski definition) is 1. The molecule has 0 fully saturated rings. The van der Waals surface area contributed by atoms with E-state index in [1.165, 1.54) is 0 Å². The fourth-order valence-electron chi connectivity index (χ4n) is 3.08. The summed E-state index contributed by atoms with van der Waals surface area (Å²) < 4.78 is 45.9. The Morgan fingerprint density at radius 2 is 1.67 bits per heavy atom. The Balaban J connectivity index is 1.80. The van der Waals surface area contributed by atoms with E-state index >= 15 is 0 Å². The largest absolute Gasteiger partial charge is 0.456 e. The Labute approximate surface area is 151 Å². The van der Waals surface area contributed by atoms with E-state index in [9.17, 15) is 0 Å². The van der Waals surface area contributed by atoms with Crippen molar-refractivity contribution >= 4 is 44.3 Å². The lowest BCUT2D eigenvalue weighted by Gasteiger charge is -2.04. The Bertz CT molecular complexity index is 1440. The smallest absolute Gasteiger partial charge is 0.136 e. The second-order valence-corrected chi connectivity index (χ2v) is 6.03. The van der Waals surface area contributed by atoms with Crippen LogP contribution in [-0.2, 0) is 0 Å². The maximum absolute atomic E-state index is 8.20. The van der Waals surface area contributed by atoms with Gasteiger partial charge in [0.1, 0.15) is 11.2 Å². The van der Waals surface area contributed by atoms with Gasteiger partial charge in [-0.2, -0.15) is 0 Å². The summed E-state index contributed by atoms with van der Waals surface area (Å²) in [5.41, 5.74) is 2.13. The molecule has 0 aliphatic rings. The van der Waals surface area contributed by atoms with E-state index < -0.39 is 6.04 Å². The number of hydrogen-bond donors (Lipinski definition) is 0. The summed E-state index contributed by atoms with van der Waals surface area (Å²) >= 11 is 6.36. The number of rotatable bonds is 1. The number of furan rings is 1. The molecule has 0 radical (unpaired) electrons. The molecule has 24 heavy (non-hydrogen) atoms. The van der Waals surface area contributed by atoms with Crippen LogP contribution in [0.4, 0.5) is 0 Å². The van der Waals surface area contributed by atoms with Crippen molar-refractivity contribution < 1.29 is 11.3 Å². The van der Waals surface area contributed by atoms with Crippen LogP contribution in [0.15, 0.2) is 83.2 Å². The molecule has 0 spiro atoms. The normalized spacial score (nSPS) is 14.5. The quantitative estimate of drug-likeness (QED) is 0.320. The molecule has 0 bridgehead atoms. The first kappa shape index (κ1) is 9.51. The number of benzene rings is 4. The van der Waals surface area contributed by atoms with Gasteiger partial charge < -0.3 is 4.42 Å². The number of halogens is 1. The zero-order chi connectivity index (χ0) is 20.4. The van der Waals surface area contributed by atoms with Crippen LogP contribution in [0.25, 0.3) is 43.8 Å². The standard InChI is InChI=1S/C22H13ClO/c23-19-7-4-8-20-22(19)18-12-16-10-9-15(14-5-2-1-3-6-14)11-17(16)13-21(18)24-20/h1-13H/i1D,2D,3D,5D,6D. The molecule has 2 heteroatoms. The van der Waals surface area contributed by atoms with Gasteiger partial charge in [-0.25, -0.2) is 0 Å². The van der Waals surface area contributed by atoms with Gasteiger partial charge in [0.15, 0.2) is 0 Å².